The van der Waals surface area contributed by atoms with Gasteiger partial charge in [-0.05, 0) is 109 Å². The molecule has 6 heteroatoms. The first-order chi connectivity index (χ1) is 35.0. The molecule has 6 nitrogen and oxygen atoms in total. The molecule has 0 bridgehead atoms. The lowest BCUT2D eigenvalue weighted by molar-refractivity contribution is -0.167. The molecule has 0 aliphatic carbocycles. The summed E-state index contributed by atoms with van der Waals surface area (Å²) in [6.07, 6.45) is 79.4. The Morgan fingerprint density at radius 3 is 0.930 bits per heavy atom. The van der Waals surface area contributed by atoms with Crippen LogP contribution < -0.4 is 0 Å². The van der Waals surface area contributed by atoms with Crippen molar-refractivity contribution in [3.8, 4) is 0 Å². The van der Waals surface area contributed by atoms with Gasteiger partial charge in [0.25, 0.3) is 0 Å². The van der Waals surface area contributed by atoms with E-state index < -0.39 is 6.10 Å². The fourth-order valence-electron chi connectivity index (χ4n) is 7.86. The lowest BCUT2D eigenvalue weighted by atomic mass is 10.0. The highest BCUT2D eigenvalue weighted by Gasteiger charge is 2.19. The lowest BCUT2D eigenvalue weighted by Crippen LogP contribution is -2.30. The van der Waals surface area contributed by atoms with Gasteiger partial charge in [0.15, 0.2) is 6.10 Å². The second kappa shape index (κ2) is 58.6. The molecule has 0 spiro atoms. The summed E-state index contributed by atoms with van der Waals surface area (Å²) in [6, 6.07) is 0. The third-order valence-electron chi connectivity index (χ3n) is 12.3. The zero-order valence-electron chi connectivity index (χ0n) is 46.2. The molecule has 1 unspecified atom stereocenters. The summed E-state index contributed by atoms with van der Waals surface area (Å²) in [5, 5.41) is 0. The Morgan fingerprint density at radius 2 is 0.549 bits per heavy atom. The first kappa shape index (κ1) is 67.1. The summed E-state index contributed by atoms with van der Waals surface area (Å²) in [6.45, 7) is 6.46. The van der Waals surface area contributed by atoms with E-state index in [4.69, 9.17) is 14.2 Å². The molecule has 1 atom stereocenters. The first-order valence-corrected chi connectivity index (χ1v) is 29.4. The maximum absolute atomic E-state index is 12.8. The van der Waals surface area contributed by atoms with Crippen molar-refractivity contribution in [3.63, 3.8) is 0 Å². The van der Waals surface area contributed by atoms with E-state index in [1.54, 1.807) is 0 Å². The molecule has 0 saturated carbocycles. The summed E-state index contributed by atoms with van der Waals surface area (Å²) in [5.74, 6) is -0.947. The molecule has 0 aliphatic heterocycles. The van der Waals surface area contributed by atoms with Gasteiger partial charge in [-0.15, -0.1) is 0 Å². The van der Waals surface area contributed by atoms with Crippen LogP contribution in [0.25, 0.3) is 0 Å². The topological polar surface area (TPSA) is 78.9 Å². The van der Waals surface area contributed by atoms with Crippen LogP contribution in [0, 0.1) is 0 Å². The minimum absolute atomic E-state index is 0.0954. The van der Waals surface area contributed by atoms with Crippen molar-refractivity contribution in [3.05, 3.63) is 109 Å². The Kier molecular flexibility index (Phi) is 55.4. The van der Waals surface area contributed by atoms with E-state index in [1.807, 2.05) is 0 Å². The number of carbonyl (C=O) groups excluding carboxylic acids is 3. The summed E-state index contributed by atoms with van der Waals surface area (Å²) in [4.78, 5) is 38.1. The van der Waals surface area contributed by atoms with Crippen molar-refractivity contribution < 1.29 is 28.6 Å². The van der Waals surface area contributed by atoms with Gasteiger partial charge in [0, 0.05) is 19.3 Å². The van der Waals surface area contributed by atoms with Gasteiger partial charge < -0.3 is 14.2 Å². The molecule has 0 rings (SSSR count). The van der Waals surface area contributed by atoms with Crippen LogP contribution in [0.15, 0.2) is 109 Å². The number of rotatable bonds is 52. The molecule has 0 aromatic carbocycles. The average molecular weight is 986 g/mol. The quantitative estimate of drug-likeness (QED) is 0.0261. The molecule has 0 radical (unpaired) electrons. The van der Waals surface area contributed by atoms with Crippen molar-refractivity contribution in [2.24, 2.45) is 0 Å². The fourth-order valence-corrected chi connectivity index (χ4v) is 7.86. The van der Waals surface area contributed by atoms with Crippen LogP contribution in [0.5, 0.6) is 0 Å². The summed E-state index contributed by atoms with van der Waals surface area (Å²) >= 11 is 0. The predicted molar refractivity (Wildman–Crippen MR) is 307 cm³/mol. The zero-order chi connectivity index (χ0) is 51.4. The molecule has 0 saturated heterocycles. The van der Waals surface area contributed by atoms with Crippen molar-refractivity contribution in [2.45, 2.75) is 271 Å². The number of ether oxygens (including phenoxy) is 3. The maximum Gasteiger partial charge on any atom is 0.306 e. The number of carbonyl (C=O) groups is 3. The molecule has 0 fully saturated rings. The molecule has 0 heterocycles. The Balaban J connectivity index is 4.40. The highest BCUT2D eigenvalue weighted by atomic mass is 16.6. The summed E-state index contributed by atoms with van der Waals surface area (Å²) in [7, 11) is 0. The Hall–Kier alpha value is -3.93. The molecular formula is C65H108O6. The molecule has 71 heavy (non-hydrogen) atoms. The predicted octanol–water partition coefficient (Wildman–Crippen LogP) is 19.9. The van der Waals surface area contributed by atoms with Gasteiger partial charge in [0.05, 0.1) is 0 Å². The standard InChI is InChI=1S/C65H108O6/c1-4-7-10-13-16-19-22-25-27-28-29-30-31-32-33-34-35-36-37-38-39-41-43-46-49-52-55-58-64(67)70-61-62(60-69-63(66)57-54-51-48-45-42-24-21-18-15-12-9-6-3)71-65(68)59-56-53-50-47-44-40-26-23-20-17-14-11-8-5-2/h7,10,16,18-19,21,25,27,29-30,32-33,35-36,38-39,43,46,62H,4-6,8-9,11-15,17,20,22-24,26,28,31,34,37,40-42,44-45,47-61H2,1-3H3/b10-7-,19-16-,21-18-,27-25-,30-29-,33-32-,36-35-,39-38-,46-43-. The Morgan fingerprint density at radius 1 is 0.296 bits per heavy atom. The van der Waals surface area contributed by atoms with E-state index in [1.165, 1.54) is 103 Å². The van der Waals surface area contributed by atoms with Crippen LogP contribution in [0.1, 0.15) is 265 Å². The van der Waals surface area contributed by atoms with Crippen LogP contribution in [0.3, 0.4) is 0 Å². The molecule has 404 valence electrons. The van der Waals surface area contributed by atoms with Crippen LogP contribution in [0.2, 0.25) is 0 Å². The summed E-state index contributed by atoms with van der Waals surface area (Å²) < 4.78 is 16.8. The molecule has 0 amide bonds. The summed E-state index contributed by atoms with van der Waals surface area (Å²) in [5.41, 5.74) is 0. The number of hydrogen-bond donors (Lipinski definition) is 0. The minimum atomic E-state index is -0.799. The van der Waals surface area contributed by atoms with Crippen LogP contribution in [-0.4, -0.2) is 37.2 Å². The third kappa shape index (κ3) is 56.9. The SMILES string of the molecule is CC/C=C\C/C=C\C/C=C\C/C=C\C/C=C\C/C=C\C/C=C\C/C=C\CCCCC(=O)OCC(COC(=O)CCCCCCC/C=C\CCCCC)OC(=O)CCCCCCCCCCCCCCCC. The second-order valence-corrected chi connectivity index (χ2v) is 19.2. The van der Waals surface area contributed by atoms with Gasteiger partial charge in [-0.3, -0.25) is 14.4 Å². The van der Waals surface area contributed by atoms with Gasteiger partial charge in [-0.2, -0.15) is 0 Å². The van der Waals surface area contributed by atoms with Crippen molar-refractivity contribution in [1.29, 1.82) is 0 Å². The fraction of sp³-hybridized carbons (Fsp3) is 0.677. The average Bonchev–Trinajstić information content (AvgIpc) is 3.37. The second-order valence-electron chi connectivity index (χ2n) is 19.2. The molecule has 0 aromatic heterocycles. The molecule has 0 aliphatic rings. The largest absolute Gasteiger partial charge is 0.462 e. The van der Waals surface area contributed by atoms with Crippen LogP contribution in [-0.2, 0) is 28.6 Å². The van der Waals surface area contributed by atoms with E-state index in [0.717, 1.165) is 122 Å². The van der Waals surface area contributed by atoms with E-state index in [2.05, 4.69) is 130 Å². The number of unbranched alkanes of at least 4 members (excludes halogenated alkanes) is 23. The molecule has 0 N–H and O–H groups in total. The van der Waals surface area contributed by atoms with E-state index in [0.29, 0.717) is 19.3 Å². The molecule has 0 aromatic rings. The Labute approximate surface area is 438 Å². The zero-order valence-corrected chi connectivity index (χ0v) is 46.2. The first-order valence-electron chi connectivity index (χ1n) is 29.4. The van der Waals surface area contributed by atoms with Gasteiger partial charge in [0.1, 0.15) is 13.2 Å². The van der Waals surface area contributed by atoms with Gasteiger partial charge in [-0.25, -0.2) is 0 Å². The number of allylic oxidation sites excluding steroid dienone is 18. The highest BCUT2D eigenvalue weighted by Crippen LogP contribution is 2.15. The van der Waals surface area contributed by atoms with Gasteiger partial charge in [0.2, 0.25) is 0 Å². The van der Waals surface area contributed by atoms with Crippen molar-refractivity contribution >= 4 is 17.9 Å². The van der Waals surface area contributed by atoms with Crippen molar-refractivity contribution in [2.75, 3.05) is 13.2 Å². The van der Waals surface area contributed by atoms with E-state index in [9.17, 15) is 14.4 Å². The minimum Gasteiger partial charge on any atom is -0.462 e. The van der Waals surface area contributed by atoms with Gasteiger partial charge >= 0.3 is 17.9 Å². The number of hydrogen-bond acceptors (Lipinski definition) is 6. The van der Waals surface area contributed by atoms with Gasteiger partial charge in [-0.1, -0.05) is 246 Å². The third-order valence-corrected chi connectivity index (χ3v) is 12.3. The van der Waals surface area contributed by atoms with E-state index in [-0.39, 0.29) is 31.1 Å². The highest BCUT2D eigenvalue weighted by molar-refractivity contribution is 5.71. The Bertz CT molecular complexity index is 1460. The smallest absolute Gasteiger partial charge is 0.306 e. The van der Waals surface area contributed by atoms with Crippen molar-refractivity contribution in [1.82, 2.24) is 0 Å². The van der Waals surface area contributed by atoms with E-state index >= 15 is 0 Å². The van der Waals surface area contributed by atoms with Crippen LogP contribution >= 0.6 is 0 Å². The lowest BCUT2D eigenvalue weighted by Gasteiger charge is -2.18. The normalized spacial score (nSPS) is 12.9. The monoisotopic (exact) mass is 985 g/mol. The maximum atomic E-state index is 12.8. The number of esters is 3. The van der Waals surface area contributed by atoms with Crippen LogP contribution in [0.4, 0.5) is 0 Å². The molecular weight excluding hydrogens is 877 g/mol.